The van der Waals surface area contributed by atoms with Crippen molar-refractivity contribution in [2.45, 2.75) is 19.9 Å². The summed E-state index contributed by atoms with van der Waals surface area (Å²) in [6, 6.07) is 11.2. The second-order valence-electron chi connectivity index (χ2n) is 5.92. The van der Waals surface area contributed by atoms with Crippen LogP contribution in [-0.4, -0.2) is 29.2 Å². The first kappa shape index (κ1) is 16.8. The van der Waals surface area contributed by atoms with Crippen molar-refractivity contribution in [3.8, 4) is 0 Å². The first-order valence-electron chi connectivity index (χ1n) is 7.94. The Kier molecular flexibility index (Phi) is 4.61. The Balaban J connectivity index is 1.54. The predicted octanol–water partition coefficient (Wildman–Crippen LogP) is 2.44. The highest BCUT2D eigenvalue weighted by Crippen LogP contribution is 2.22. The number of fused-ring (bicyclic) bond motifs is 1. The van der Waals surface area contributed by atoms with Crippen molar-refractivity contribution >= 4 is 17.7 Å². The molecule has 0 bridgehead atoms. The van der Waals surface area contributed by atoms with Crippen molar-refractivity contribution in [1.29, 1.82) is 0 Å². The van der Waals surface area contributed by atoms with E-state index in [0.29, 0.717) is 16.7 Å². The number of carbonyl (C=O) groups excluding carboxylic acids is 3. The maximum Gasteiger partial charge on any atom is 0.261 e. The van der Waals surface area contributed by atoms with Gasteiger partial charge in [-0.15, -0.1) is 0 Å². The number of carbonyl (C=O) groups is 3. The van der Waals surface area contributed by atoms with Crippen LogP contribution < -0.4 is 5.32 Å². The normalized spacial score (nSPS) is 13.1. The third-order valence-electron chi connectivity index (χ3n) is 4.15. The van der Waals surface area contributed by atoms with Gasteiger partial charge in [-0.05, 0) is 36.2 Å². The molecule has 0 aromatic heterocycles. The number of aryl methyl sites for hydroxylation is 1. The summed E-state index contributed by atoms with van der Waals surface area (Å²) in [6.45, 7) is 1.95. The Hall–Kier alpha value is -3.02. The van der Waals surface area contributed by atoms with Gasteiger partial charge in [0.15, 0.2) is 0 Å². The molecule has 1 aliphatic rings. The van der Waals surface area contributed by atoms with Crippen LogP contribution in [0.5, 0.6) is 0 Å². The first-order chi connectivity index (χ1) is 12.0. The lowest BCUT2D eigenvalue weighted by molar-refractivity contribution is -0.121. The Morgan fingerprint density at radius 2 is 1.72 bits per heavy atom. The summed E-state index contributed by atoms with van der Waals surface area (Å²) in [5.74, 6) is -1.32. The number of benzene rings is 2. The minimum absolute atomic E-state index is 0.0195. The molecule has 0 radical (unpaired) electrons. The van der Waals surface area contributed by atoms with E-state index in [1.165, 1.54) is 6.07 Å². The molecule has 0 spiro atoms. The minimum Gasteiger partial charge on any atom is -0.352 e. The van der Waals surface area contributed by atoms with E-state index in [9.17, 15) is 18.8 Å². The number of amides is 3. The predicted molar refractivity (Wildman–Crippen MR) is 89.4 cm³/mol. The summed E-state index contributed by atoms with van der Waals surface area (Å²) >= 11 is 0. The summed E-state index contributed by atoms with van der Waals surface area (Å²) in [4.78, 5) is 37.5. The zero-order chi connectivity index (χ0) is 18.0. The number of hydrogen-bond acceptors (Lipinski definition) is 3. The highest BCUT2D eigenvalue weighted by molar-refractivity contribution is 6.21. The van der Waals surface area contributed by atoms with Gasteiger partial charge in [-0.3, -0.25) is 19.3 Å². The van der Waals surface area contributed by atoms with Crippen LogP contribution in [0.1, 0.15) is 38.3 Å². The van der Waals surface area contributed by atoms with Crippen LogP contribution in [-0.2, 0) is 11.3 Å². The third-order valence-corrected chi connectivity index (χ3v) is 4.15. The van der Waals surface area contributed by atoms with Crippen molar-refractivity contribution in [1.82, 2.24) is 10.2 Å². The molecule has 0 unspecified atom stereocenters. The lowest BCUT2D eigenvalue weighted by Crippen LogP contribution is -2.34. The van der Waals surface area contributed by atoms with Gasteiger partial charge in [0.1, 0.15) is 5.82 Å². The van der Waals surface area contributed by atoms with Crippen LogP contribution in [0.15, 0.2) is 42.5 Å². The largest absolute Gasteiger partial charge is 0.352 e. The fourth-order valence-electron chi connectivity index (χ4n) is 2.76. The average molecular weight is 340 g/mol. The SMILES string of the molecule is Cc1cc(CNC(=O)CCN2C(=O)c3ccccc3C2=O)ccc1F. The quantitative estimate of drug-likeness (QED) is 0.850. The minimum atomic E-state index is -0.373. The van der Waals surface area contributed by atoms with E-state index in [4.69, 9.17) is 0 Å². The van der Waals surface area contributed by atoms with Gasteiger partial charge in [0.05, 0.1) is 11.1 Å². The molecule has 2 aromatic carbocycles. The number of nitrogens with zero attached hydrogens (tertiary/aromatic N) is 1. The van der Waals surface area contributed by atoms with Gasteiger partial charge in [-0.25, -0.2) is 4.39 Å². The van der Waals surface area contributed by atoms with Crippen molar-refractivity contribution in [3.63, 3.8) is 0 Å². The summed E-state index contributed by atoms with van der Waals surface area (Å²) in [7, 11) is 0. The van der Waals surface area contributed by atoms with E-state index >= 15 is 0 Å². The Morgan fingerprint density at radius 3 is 2.32 bits per heavy atom. The van der Waals surface area contributed by atoms with E-state index in [1.807, 2.05) is 0 Å². The molecule has 0 saturated carbocycles. The number of halogens is 1. The zero-order valence-corrected chi connectivity index (χ0v) is 13.7. The number of nitrogens with one attached hydrogen (secondary N) is 1. The fraction of sp³-hybridized carbons (Fsp3) is 0.211. The maximum absolute atomic E-state index is 13.2. The standard InChI is InChI=1S/C19H17FN2O3/c1-12-10-13(6-7-16(12)20)11-21-17(23)8-9-22-18(24)14-4-2-3-5-15(14)19(22)25/h2-7,10H,8-9,11H2,1H3,(H,21,23). The Morgan fingerprint density at radius 1 is 1.08 bits per heavy atom. The number of rotatable bonds is 5. The van der Waals surface area contributed by atoms with Gasteiger partial charge < -0.3 is 5.32 Å². The summed E-state index contributed by atoms with van der Waals surface area (Å²) in [5.41, 5.74) is 2.04. The molecule has 2 aromatic rings. The van der Waals surface area contributed by atoms with Crippen molar-refractivity contribution in [2.24, 2.45) is 0 Å². The maximum atomic E-state index is 13.2. The highest BCUT2D eigenvalue weighted by atomic mass is 19.1. The third kappa shape index (κ3) is 3.42. The van der Waals surface area contributed by atoms with E-state index in [0.717, 1.165) is 10.5 Å². The molecule has 1 heterocycles. The monoisotopic (exact) mass is 340 g/mol. The van der Waals surface area contributed by atoms with E-state index in [2.05, 4.69) is 5.32 Å². The zero-order valence-electron chi connectivity index (χ0n) is 13.7. The van der Waals surface area contributed by atoms with Crippen molar-refractivity contribution < 1.29 is 18.8 Å². The first-order valence-corrected chi connectivity index (χ1v) is 7.94. The lowest BCUT2D eigenvalue weighted by Gasteiger charge is -2.13. The fourth-order valence-corrected chi connectivity index (χ4v) is 2.76. The van der Waals surface area contributed by atoms with Gasteiger partial charge in [0.2, 0.25) is 5.91 Å². The van der Waals surface area contributed by atoms with Gasteiger partial charge in [0, 0.05) is 19.5 Å². The number of hydrogen-bond donors (Lipinski definition) is 1. The molecule has 0 atom stereocenters. The molecule has 6 heteroatoms. The van der Waals surface area contributed by atoms with Crippen molar-refractivity contribution in [3.05, 3.63) is 70.5 Å². The van der Waals surface area contributed by atoms with Crippen LogP contribution >= 0.6 is 0 Å². The molecule has 0 aliphatic carbocycles. The smallest absolute Gasteiger partial charge is 0.261 e. The lowest BCUT2D eigenvalue weighted by atomic mass is 10.1. The second kappa shape index (κ2) is 6.84. The molecule has 3 amide bonds. The van der Waals surface area contributed by atoms with E-state index < -0.39 is 0 Å². The molecule has 3 rings (SSSR count). The molecule has 0 saturated heterocycles. The second-order valence-corrected chi connectivity index (χ2v) is 5.92. The van der Waals surface area contributed by atoms with Crippen LogP contribution in [0.2, 0.25) is 0 Å². The topological polar surface area (TPSA) is 66.5 Å². The van der Waals surface area contributed by atoms with Crippen LogP contribution in [0.4, 0.5) is 4.39 Å². The van der Waals surface area contributed by atoms with Crippen molar-refractivity contribution in [2.75, 3.05) is 6.54 Å². The Labute approximate surface area is 144 Å². The van der Waals surface area contributed by atoms with Gasteiger partial charge in [-0.1, -0.05) is 24.3 Å². The molecule has 5 nitrogen and oxygen atoms in total. The Bertz CT molecular complexity index is 828. The van der Waals surface area contributed by atoms with Crippen LogP contribution in [0, 0.1) is 12.7 Å². The van der Waals surface area contributed by atoms with Gasteiger partial charge >= 0.3 is 0 Å². The van der Waals surface area contributed by atoms with E-state index in [1.54, 1.807) is 43.3 Å². The summed E-state index contributed by atoms with van der Waals surface area (Å²) < 4.78 is 13.2. The van der Waals surface area contributed by atoms with Gasteiger partial charge in [0.25, 0.3) is 11.8 Å². The molecule has 1 N–H and O–H groups in total. The molecule has 25 heavy (non-hydrogen) atoms. The molecular weight excluding hydrogens is 323 g/mol. The summed E-state index contributed by atoms with van der Waals surface area (Å²) in [5, 5.41) is 2.71. The molecule has 0 fully saturated rings. The van der Waals surface area contributed by atoms with E-state index in [-0.39, 0.29) is 43.0 Å². The van der Waals surface area contributed by atoms with Crippen LogP contribution in [0.25, 0.3) is 0 Å². The molecular formula is C19H17FN2O3. The molecule has 1 aliphatic heterocycles. The van der Waals surface area contributed by atoms with Crippen LogP contribution in [0.3, 0.4) is 0 Å². The number of imide groups is 1. The summed E-state index contributed by atoms with van der Waals surface area (Å²) in [6.07, 6.45) is 0.0195. The molecule has 128 valence electrons. The van der Waals surface area contributed by atoms with Gasteiger partial charge in [-0.2, -0.15) is 0 Å². The highest BCUT2D eigenvalue weighted by Gasteiger charge is 2.34. The average Bonchev–Trinajstić information content (AvgIpc) is 2.85.